The van der Waals surface area contributed by atoms with E-state index in [-0.39, 0.29) is 6.54 Å². The van der Waals surface area contributed by atoms with Crippen LogP contribution in [-0.2, 0) is 14.4 Å². The van der Waals surface area contributed by atoms with Crippen LogP contribution in [0.25, 0.3) is 6.08 Å². The van der Waals surface area contributed by atoms with Gasteiger partial charge in [-0.3, -0.25) is 19.7 Å². The van der Waals surface area contributed by atoms with Gasteiger partial charge in [-0.1, -0.05) is 0 Å². The zero-order valence-electron chi connectivity index (χ0n) is 11.0. The Bertz CT molecular complexity index is 649. The van der Waals surface area contributed by atoms with Gasteiger partial charge in [0.2, 0.25) is 11.8 Å². The summed E-state index contributed by atoms with van der Waals surface area (Å²) in [6, 6.07) is 0.849. The van der Waals surface area contributed by atoms with Crippen molar-refractivity contribution in [3.05, 3.63) is 28.0 Å². The van der Waals surface area contributed by atoms with E-state index in [2.05, 4.69) is 5.32 Å². The van der Waals surface area contributed by atoms with E-state index in [0.717, 1.165) is 17.4 Å². The maximum absolute atomic E-state index is 12.5. The third-order valence-electron chi connectivity index (χ3n) is 2.98. The van der Waals surface area contributed by atoms with Crippen molar-refractivity contribution in [1.82, 2.24) is 10.2 Å². The molecule has 8 heteroatoms. The molecule has 1 fully saturated rings. The summed E-state index contributed by atoms with van der Waals surface area (Å²) < 4.78 is 0. The lowest BCUT2D eigenvalue weighted by atomic mass is 10.1. The minimum Gasteiger partial charge on any atom is -0.478 e. The van der Waals surface area contributed by atoms with E-state index < -0.39 is 29.7 Å². The highest BCUT2D eigenvalue weighted by Crippen LogP contribution is 2.22. The summed E-state index contributed by atoms with van der Waals surface area (Å²) in [5.41, 5.74) is 0.443. The summed E-state index contributed by atoms with van der Waals surface area (Å²) in [4.78, 5) is 47.4. The Morgan fingerprint density at radius 2 is 2.19 bits per heavy atom. The lowest BCUT2D eigenvalue weighted by Gasteiger charge is -2.31. The van der Waals surface area contributed by atoms with E-state index in [1.807, 2.05) is 0 Å². The summed E-state index contributed by atoms with van der Waals surface area (Å²) in [6.45, 7) is 1.33. The highest BCUT2D eigenvalue weighted by Gasteiger charge is 2.34. The highest BCUT2D eigenvalue weighted by atomic mass is 32.1. The fourth-order valence-corrected chi connectivity index (χ4v) is 2.72. The Balaban J connectivity index is 2.28. The highest BCUT2D eigenvalue weighted by molar-refractivity contribution is 7.12. The van der Waals surface area contributed by atoms with Crippen LogP contribution in [0.3, 0.4) is 0 Å². The summed E-state index contributed by atoms with van der Waals surface area (Å²) in [7, 11) is 0. The van der Waals surface area contributed by atoms with Gasteiger partial charge in [0.25, 0.3) is 5.91 Å². The Morgan fingerprint density at radius 3 is 2.86 bits per heavy atom. The second kappa shape index (κ2) is 5.88. The van der Waals surface area contributed by atoms with Gasteiger partial charge in [-0.25, -0.2) is 4.79 Å². The molecule has 1 aliphatic rings. The second-order valence-electron chi connectivity index (χ2n) is 4.40. The number of hydrogen-bond acceptors (Lipinski definition) is 5. The van der Waals surface area contributed by atoms with Crippen LogP contribution >= 0.6 is 11.3 Å². The largest absolute Gasteiger partial charge is 0.478 e. The Kier molecular flexibility index (Phi) is 4.18. The summed E-state index contributed by atoms with van der Waals surface area (Å²) in [5.74, 6) is -2.66. The lowest BCUT2D eigenvalue weighted by molar-refractivity contribution is -0.138. The van der Waals surface area contributed by atoms with Crippen LogP contribution in [0.2, 0.25) is 0 Å². The number of amides is 3. The molecule has 21 heavy (non-hydrogen) atoms. The molecule has 0 bridgehead atoms. The summed E-state index contributed by atoms with van der Waals surface area (Å²) >= 11 is 1.13. The number of imide groups is 1. The van der Waals surface area contributed by atoms with Gasteiger partial charge in [0.15, 0.2) is 0 Å². The van der Waals surface area contributed by atoms with Crippen LogP contribution in [0.1, 0.15) is 22.2 Å². The first-order valence-corrected chi connectivity index (χ1v) is 6.91. The molecule has 2 N–H and O–H groups in total. The van der Waals surface area contributed by atoms with E-state index in [1.54, 1.807) is 11.4 Å². The Labute approximate surface area is 123 Å². The average molecular weight is 308 g/mol. The molecule has 3 amide bonds. The quantitative estimate of drug-likeness (QED) is 0.619. The molecule has 7 nitrogen and oxygen atoms in total. The molecule has 0 aromatic carbocycles. The van der Waals surface area contributed by atoms with Gasteiger partial charge in [-0.2, -0.15) is 0 Å². The molecule has 2 heterocycles. The molecule has 1 aromatic rings. The van der Waals surface area contributed by atoms with Crippen molar-refractivity contribution in [2.75, 3.05) is 6.54 Å². The van der Waals surface area contributed by atoms with Gasteiger partial charge in [0.05, 0.1) is 4.88 Å². The number of carbonyl (C=O) groups is 4. The fraction of sp³-hybridized carbons (Fsp3) is 0.231. The molecule has 0 saturated carbocycles. The lowest BCUT2D eigenvalue weighted by Crippen LogP contribution is -2.58. The van der Waals surface area contributed by atoms with E-state index in [1.165, 1.54) is 17.9 Å². The van der Waals surface area contributed by atoms with Crippen molar-refractivity contribution in [3.63, 3.8) is 0 Å². The van der Waals surface area contributed by atoms with E-state index >= 15 is 0 Å². The average Bonchev–Trinajstić information content (AvgIpc) is 2.88. The molecule has 1 aliphatic heterocycles. The molecule has 110 valence electrons. The molecule has 1 saturated heterocycles. The normalized spacial score (nSPS) is 18.9. The fourth-order valence-electron chi connectivity index (χ4n) is 1.88. The first-order chi connectivity index (χ1) is 9.90. The number of piperazine rings is 1. The number of thiophene rings is 1. The minimum absolute atomic E-state index is 0.203. The van der Waals surface area contributed by atoms with E-state index in [9.17, 15) is 19.2 Å². The molecule has 0 radical (unpaired) electrons. The zero-order valence-corrected chi connectivity index (χ0v) is 11.8. The van der Waals surface area contributed by atoms with Crippen LogP contribution < -0.4 is 5.32 Å². The molecule has 1 aromatic heterocycles. The number of aliphatic carboxylic acids is 1. The van der Waals surface area contributed by atoms with Gasteiger partial charge in [0, 0.05) is 6.08 Å². The van der Waals surface area contributed by atoms with Crippen LogP contribution in [0.4, 0.5) is 0 Å². The van der Waals surface area contributed by atoms with Gasteiger partial charge in [-0.05, 0) is 30.0 Å². The van der Waals surface area contributed by atoms with Crippen molar-refractivity contribution in [2.45, 2.75) is 13.0 Å². The second-order valence-corrected chi connectivity index (χ2v) is 5.31. The summed E-state index contributed by atoms with van der Waals surface area (Å²) in [5, 5.41) is 12.4. The minimum atomic E-state index is -1.12. The molecular formula is C13H12N2O5S. The monoisotopic (exact) mass is 308 g/mol. The smallest absolute Gasteiger partial charge is 0.328 e. The molecule has 0 aliphatic carbocycles. The molecule has 1 unspecified atom stereocenters. The Morgan fingerprint density at radius 1 is 1.48 bits per heavy atom. The number of carboxylic acid groups (broad SMARTS) is 1. The maximum atomic E-state index is 12.5. The molecule has 1 atom stereocenters. The SMILES string of the molecule is CC1C(=O)NC(=O)CN1C(=O)c1sccc1C=CC(=O)O. The van der Waals surface area contributed by atoms with Crippen molar-refractivity contribution in [2.24, 2.45) is 0 Å². The number of carbonyl (C=O) groups excluding carboxylic acids is 3. The van der Waals surface area contributed by atoms with Crippen LogP contribution in [0, 0.1) is 0 Å². The molecule has 0 spiro atoms. The number of carboxylic acids is 1. The maximum Gasteiger partial charge on any atom is 0.328 e. The predicted molar refractivity (Wildman–Crippen MR) is 74.6 cm³/mol. The number of nitrogens with one attached hydrogen (secondary N) is 1. The van der Waals surface area contributed by atoms with Gasteiger partial charge in [-0.15, -0.1) is 11.3 Å². The topological polar surface area (TPSA) is 104 Å². The summed E-state index contributed by atoms with van der Waals surface area (Å²) in [6.07, 6.45) is 2.24. The van der Waals surface area contributed by atoms with Crippen LogP contribution in [0.5, 0.6) is 0 Å². The van der Waals surface area contributed by atoms with E-state index in [0.29, 0.717) is 10.4 Å². The number of hydrogen-bond donors (Lipinski definition) is 2. The van der Waals surface area contributed by atoms with Crippen molar-refractivity contribution in [3.8, 4) is 0 Å². The number of nitrogens with zero attached hydrogens (tertiary/aromatic N) is 1. The molecule has 2 rings (SSSR count). The third-order valence-corrected chi connectivity index (χ3v) is 3.90. The van der Waals surface area contributed by atoms with Crippen molar-refractivity contribution in [1.29, 1.82) is 0 Å². The first-order valence-electron chi connectivity index (χ1n) is 6.03. The Hall–Kier alpha value is -2.48. The number of rotatable bonds is 3. The van der Waals surface area contributed by atoms with Crippen molar-refractivity contribution >= 4 is 41.1 Å². The first kappa shape index (κ1) is 14.9. The zero-order chi connectivity index (χ0) is 15.6. The van der Waals surface area contributed by atoms with Crippen LogP contribution in [0.15, 0.2) is 17.5 Å². The third kappa shape index (κ3) is 3.16. The van der Waals surface area contributed by atoms with Crippen molar-refractivity contribution < 1.29 is 24.3 Å². The molecular weight excluding hydrogens is 296 g/mol. The van der Waals surface area contributed by atoms with Gasteiger partial charge in [0.1, 0.15) is 12.6 Å². The van der Waals surface area contributed by atoms with Crippen LogP contribution in [-0.4, -0.2) is 46.3 Å². The predicted octanol–water partition coefficient (Wildman–Crippen LogP) is 0.333. The van der Waals surface area contributed by atoms with Gasteiger partial charge < -0.3 is 10.0 Å². The standard InChI is InChI=1S/C13H12N2O5S/c1-7-12(19)14-9(16)6-15(7)13(20)11-8(4-5-21-11)2-3-10(17)18/h2-5,7H,6H2,1H3,(H,17,18)(H,14,16,19). The van der Waals surface area contributed by atoms with E-state index in [4.69, 9.17) is 5.11 Å². The van der Waals surface area contributed by atoms with Gasteiger partial charge >= 0.3 is 5.97 Å².